The van der Waals surface area contributed by atoms with Crippen LogP contribution in [0.3, 0.4) is 0 Å². The molecule has 198 valence electrons. The number of carbonyl (C=O) groups is 2. The number of aliphatic hydroxyl groups is 1. The average Bonchev–Trinajstić information content (AvgIpc) is 3.21. The number of amides is 1. The zero-order chi connectivity index (χ0) is 27.4. The topological polar surface area (TPSA) is 104 Å². The number of likely N-dealkylation sites (tertiary alicyclic amines) is 1. The van der Waals surface area contributed by atoms with E-state index in [9.17, 15) is 14.7 Å². The Balaban J connectivity index is 1.90. The van der Waals surface area contributed by atoms with E-state index in [4.69, 9.17) is 23.7 Å². The average molecular weight is 520 g/mol. The van der Waals surface area contributed by atoms with E-state index in [0.29, 0.717) is 39.9 Å². The number of hydrogen-bond donors (Lipinski definition) is 1. The minimum Gasteiger partial charge on any atom is -0.506 e. The highest BCUT2D eigenvalue weighted by molar-refractivity contribution is 6.46. The molecule has 9 heteroatoms. The van der Waals surface area contributed by atoms with E-state index < -0.39 is 23.5 Å². The van der Waals surface area contributed by atoms with Crippen molar-refractivity contribution in [3.05, 3.63) is 82.9 Å². The first-order valence-corrected chi connectivity index (χ1v) is 11.7. The van der Waals surface area contributed by atoms with Gasteiger partial charge in [0.1, 0.15) is 28.6 Å². The van der Waals surface area contributed by atoms with E-state index in [-0.39, 0.29) is 17.7 Å². The van der Waals surface area contributed by atoms with Gasteiger partial charge in [-0.3, -0.25) is 9.59 Å². The largest absolute Gasteiger partial charge is 0.506 e. The van der Waals surface area contributed by atoms with Gasteiger partial charge in [0.2, 0.25) is 0 Å². The molecule has 1 saturated heterocycles. The first kappa shape index (κ1) is 26.4. The zero-order valence-electron chi connectivity index (χ0n) is 21.8. The van der Waals surface area contributed by atoms with Crippen LogP contribution in [0, 0.1) is 0 Å². The lowest BCUT2D eigenvalue weighted by molar-refractivity contribution is -0.140. The molecule has 9 nitrogen and oxygen atoms in total. The third-order valence-electron chi connectivity index (χ3n) is 6.44. The van der Waals surface area contributed by atoms with Crippen molar-refractivity contribution in [2.24, 2.45) is 0 Å². The molecule has 1 amide bonds. The van der Waals surface area contributed by atoms with Gasteiger partial charge in [-0.05, 0) is 47.5 Å². The van der Waals surface area contributed by atoms with E-state index in [1.807, 2.05) is 0 Å². The summed E-state index contributed by atoms with van der Waals surface area (Å²) in [7, 11) is 7.49. The van der Waals surface area contributed by atoms with E-state index in [0.717, 1.165) is 0 Å². The molecular weight excluding hydrogens is 490 g/mol. The van der Waals surface area contributed by atoms with Crippen molar-refractivity contribution in [2.45, 2.75) is 12.6 Å². The smallest absolute Gasteiger partial charge is 0.295 e. The van der Waals surface area contributed by atoms with Gasteiger partial charge in [0.05, 0.1) is 47.2 Å². The first-order valence-electron chi connectivity index (χ1n) is 11.7. The van der Waals surface area contributed by atoms with Gasteiger partial charge in [0.15, 0.2) is 11.5 Å². The molecule has 1 unspecified atom stereocenters. The maximum absolute atomic E-state index is 13.5. The summed E-state index contributed by atoms with van der Waals surface area (Å²) in [6.07, 6.45) is 0. The summed E-state index contributed by atoms with van der Waals surface area (Å²) in [6.45, 7) is 0.0709. The van der Waals surface area contributed by atoms with Gasteiger partial charge in [0.25, 0.3) is 11.7 Å². The van der Waals surface area contributed by atoms with Crippen LogP contribution < -0.4 is 23.7 Å². The third kappa shape index (κ3) is 4.70. The van der Waals surface area contributed by atoms with Gasteiger partial charge in [-0.1, -0.05) is 24.3 Å². The quantitative estimate of drug-likeness (QED) is 0.253. The fraction of sp³-hybridized carbons (Fsp3) is 0.241. The number of methoxy groups -OCH3 is 5. The van der Waals surface area contributed by atoms with Gasteiger partial charge in [-0.25, -0.2) is 0 Å². The Kier molecular flexibility index (Phi) is 7.76. The molecule has 3 aromatic rings. The zero-order valence-corrected chi connectivity index (χ0v) is 21.8. The molecule has 38 heavy (non-hydrogen) atoms. The molecule has 1 aliphatic heterocycles. The highest BCUT2D eigenvalue weighted by Gasteiger charge is 2.46. The minimum atomic E-state index is -0.899. The van der Waals surface area contributed by atoms with Crippen molar-refractivity contribution in [3.8, 4) is 28.7 Å². The summed E-state index contributed by atoms with van der Waals surface area (Å²) in [4.78, 5) is 28.3. The van der Waals surface area contributed by atoms with Crippen LogP contribution in [0.25, 0.3) is 5.76 Å². The number of rotatable bonds is 9. The van der Waals surface area contributed by atoms with Crippen LogP contribution in [0.1, 0.15) is 22.7 Å². The second-order valence-corrected chi connectivity index (χ2v) is 8.43. The lowest BCUT2D eigenvalue weighted by atomic mass is 9.94. The molecule has 0 radical (unpaired) electrons. The number of ketones is 1. The van der Waals surface area contributed by atoms with Crippen LogP contribution in [-0.2, 0) is 16.1 Å². The van der Waals surface area contributed by atoms with Gasteiger partial charge < -0.3 is 33.7 Å². The van der Waals surface area contributed by atoms with E-state index in [2.05, 4.69) is 0 Å². The predicted molar refractivity (Wildman–Crippen MR) is 140 cm³/mol. The van der Waals surface area contributed by atoms with Gasteiger partial charge in [-0.15, -0.1) is 0 Å². The van der Waals surface area contributed by atoms with Crippen LogP contribution in [-0.4, -0.2) is 57.2 Å². The Hall–Kier alpha value is -4.66. The molecule has 1 aliphatic rings. The Bertz CT molecular complexity index is 1360. The highest BCUT2D eigenvalue weighted by Crippen LogP contribution is 2.44. The van der Waals surface area contributed by atoms with E-state index in [1.165, 1.54) is 33.3 Å². The predicted octanol–water partition coefficient (Wildman–Crippen LogP) is 4.35. The van der Waals surface area contributed by atoms with Gasteiger partial charge in [-0.2, -0.15) is 0 Å². The lowest BCUT2D eigenvalue weighted by Crippen LogP contribution is -2.29. The number of ether oxygens (including phenoxy) is 5. The fourth-order valence-electron chi connectivity index (χ4n) is 4.57. The van der Waals surface area contributed by atoms with Crippen molar-refractivity contribution >= 4 is 17.4 Å². The SMILES string of the molecule is COc1ccc(C2/C(=C(\O)c3c(OC)cccc3OC)C(=O)C(=O)N2Cc2ccc(OC)c(OC)c2)cc1. The molecule has 0 bridgehead atoms. The Morgan fingerprint density at radius 2 is 1.37 bits per heavy atom. The van der Waals surface area contributed by atoms with Crippen molar-refractivity contribution in [1.82, 2.24) is 4.90 Å². The third-order valence-corrected chi connectivity index (χ3v) is 6.44. The summed E-state index contributed by atoms with van der Waals surface area (Å²) >= 11 is 0. The normalized spacial score (nSPS) is 16.3. The molecular formula is C29H29NO8. The van der Waals surface area contributed by atoms with Crippen LogP contribution in [0.4, 0.5) is 0 Å². The summed E-state index contributed by atoms with van der Waals surface area (Å²) in [6, 6.07) is 16.3. The second-order valence-electron chi connectivity index (χ2n) is 8.43. The minimum absolute atomic E-state index is 0.0709. The standard InChI is InChI=1S/C29H29NO8/c1-34-19-12-10-18(11-13-19)26-25(27(31)24-21(36-3)7-6-8-22(24)37-4)28(32)29(33)30(26)16-17-9-14-20(35-2)23(15-17)38-5/h6-15,26,31H,16H2,1-5H3/b27-25+. The number of benzene rings is 3. The Labute approximate surface area is 220 Å². The number of Topliss-reactive ketones (excluding diaryl/α,β-unsaturated/α-hetero) is 1. The maximum Gasteiger partial charge on any atom is 0.295 e. The number of hydrogen-bond acceptors (Lipinski definition) is 8. The van der Waals surface area contributed by atoms with Crippen molar-refractivity contribution in [3.63, 3.8) is 0 Å². The molecule has 0 spiro atoms. The Morgan fingerprint density at radius 1 is 0.763 bits per heavy atom. The van der Waals surface area contributed by atoms with Crippen molar-refractivity contribution < 1.29 is 38.4 Å². The highest BCUT2D eigenvalue weighted by atomic mass is 16.5. The fourth-order valence-corrected chi connectivity index (χ4v) is 4.57. The van der Waals surface area contributed by atoms with Crippen LogP contribution in [0.5, 0.6) is 28.7 Å². The number of aliphatic hydroxyl groups excluding tert-OH is 1. The molecule has 1 atom stereocenters. The van der Waals surface area contributed by atoms with Gasteiger partial charge >= 0.3 is 0 Å². The summed E-state index contributed by atoms with van der Waals surface area (Å²) in [5.74, 6) is 0.246. The second kappa shape index (κ2) is 11.2. The molecule has 1 N–H and O–H groups in total. The van der Waals surface area contributed by atoms with Crippen molar-refractivity contribution in [2.75, 3.05) is 35.5 Å². The number of nitrogens with zero attached hydrogens (tertiary/aromatic N) is 1. The molecule has 1 fully saturated rings. The van der Waals surface area contributed by atoms with E-state index in [1.54, 1.807) is 67.8 Å². The first-order chi connectivity index (χ1) is 18.4. The van der Waals surface area contributed by atoms with E-state index >= 15 is 0 Å². The van der Waals surface area contributed by atoms with Crippen LogP contribution in [0.15, 0.2) is 66.2 Å². The Morgan fingerprint density at radius 3 is 1.92 bits per heavy atom. The monoisotopic (exact) mass is 519 g/mol. The molecule has 3 aromatic carbocycles. The summed E-state index contributed by atoms with van der Waals surface area (Å²) in [5.41, 5.74) is 1.42. The summed E-state index contributed by atoms with van der Waals surface area (Å²) < 4.78 is 26.9. The maximum atomic E-state index is 13.5. The van der Waals surface area contributed by atoms with Crippen LogP contribution >= 0.6 is 0 Å². The molecule has 0 aromatic heterocycles. The molecule has 1 heterocycles. The summed E-state index contributed by atoms with van der Waals surface area (Å²) in [5, 5.41) is 11.6. The molecule has 4 rings (SSSR count). The van der Waals surface area contributed by atoms with Crippen LogP contribution in [0.2, 0.25) is 0 Å². The van der Waals surface area contributed by atoms with Crippen molar-refractivity contribution in [1.29, 1.82) is 0 Å². The number of carbonyl (C=O) groups excluding carboxylic acids is 2. The lowest BCUT2D eigenvalue weighted by Gasteiger charge is -2.26. The molecule has 0 saturated carbocycles. The molecule has 0 aliphatic carbocycles. The van der Waals surface area contributed by atoms with Gasteiger partial charge in [0, 0.05) is 6.54 Å².